The number of benzene rings is 1. The molecule has 0 aliphatic carbocycles. The number of aromatic nitrogens is 3. The van der Waals surface area contributed by atoms with Crippen LogP contribution >= 0.6 is 0 Å². The molecule has 8 nitrogen and oxygen atoms in total. The summed E-state index contributed by atoms with van der Waals surface area (Å²) in [5, 5.41) is 2.72. The van der Waals surface area contributed by atoms with Crippen molar-refractivity contribution in [3.05, 3.63) is 86.1 Å². The molecule has 0 spiro atoms. The lowest BCUT2D eigenvalue weighted by Crippen LogP contribution is -2.55. The second kappa shape index (κ2) is 8.31. The van der Waals surface area contributed by atoms with E-state index in [9.17, 15) is 19.2 Å². The van der Waals surface area contributed by atoms with Crippen LogP contribution in [0.4, 0.5) is 5.69 Å². The fraction of sp³-hybridized carbons (Fsp3) is 0.263. The Morgan fingerprint density at radius 3 is 1.81 bits per heavy atom. The van der Waals surface area contributed by atoms with Crippen LogP contribution in [0.3, 0.4) is 0 Å². The van der Waals surface area contributed by atoms with Crippen LogP contribution in [0.1, 0.15) is 11.1 Å². The van der Waals surface area contributed by atoms with Gasteiger partial charge >= 0.3 is 17.1 Å². The molecule has 2 rings (SSSR count). The highest BCUT2D eigenvalue weighted by atomic mass is 16.2. The Morgan fingerprint density at radius 2 is 1.37 bits per heavy atom. The van der Waals surface area contributed by atoms with Gasteiger partial charge in [0.25, 0.3) is 0 Å². The van der Waals surface area contributed by atoms with Crippen molar-refractivity contribution in [3.8, 4) is 0 Å². The highest BCUT2D eigenvalue weighted by Crippen LogP contribution is 2.19. The molecule has 0 atom stereocenters. The normalized spacial score (nSPS) is 10.4. The summed E-state index contributed by atoms with van der Waals surface area (Å²) in [5.41, 5.74) is -0.144. The average molecular weight is 370 g/mol. The van der Waals surface area contributed by atoms with Crippen molar-refractivity contribution in [1.29, 1.82) is 0 Å². The minimum absolute atomic E-state index is 0.0758. The van der Waals surface area contributed by atoms with E-state index in [1.54, 1.807) is 0 Å². The summed E-state index contributed by atoms with van der Waals surface area (Å²) in [7, 11) is 0. The van der Waals surface area contributed by atoms with Crippen LogP contribution in [-0.4, -0.2) is 19.6 Å². The maximum Gasteiger partial charge on any atom is 0.337 e. The molecule has 1 aromatic heterocycles. The Morgan fingerprint density at radius 1 is 0.926 bits per heavy atom. The molecule has 0 aliphatic rings. The van der Waals surface area contributed by atoms with E-state index in [1.165, 1.54) is 12.2 Å². The predicted octanol–water partition coefficient (Wildman–Crippen LogP) is 0.799. The number of nitrogens with zero attached hydrogens (tertiary/aromatic N) is 3. The number of hydrogen-bond donors (Lipinski definition) is 1. The molecule has 0 saturated carbocycles. The van der Waals surface area contributed by atoms with Crippen molar-refractivity contribution in [2.75, 3.05) is 5.32 Å². The van der Waals surface area contributed by atoms with E-state index in [-0.39, 0.29) is 13.1 Å². The van der Waals surface area contributed by atoms with Gasteiger partial charge in [-0.05, 0) is 25.0 Å². The van der Waals surface area contributed by atoms with Crippen LogP contribution in [0.2, 0.25) is 0 Å². The third kappa shape index (κ3) is 4.05. The fourth-order valence-corrected chi connectivity index (χ4v) is 2.72. The van der Waals surface area contributed by atoms with Crippen LogP contribution < -0.4 is 22.4 Å². The first kappa shape index (κ1) is 19.9. The average Bonchev–Trinajstić information content (AvgIpc) is 2.62. The molecule has 0 radical (unpaired) electrons. The quantitative estimate of drug-likeness (QED) is 0.730. The molecular weight excluding hydrogens is 348 g/mol. The molecule has 0 aliphatic heterocycles. The van der Waals surface area contributed by atoms with Gasteiger partial charge in [-0.2, -0.15) is 0 Å². The van der Waals surface area contributed by atoms with Gasteiger partial charge in [-0.25, -0.2) is 28.1 Å². The van der Waals surface area contributed by atoms with Crippen molar-refractivity contribution in [1.82, 2.24) is 13.7 Å². The molecule has 1 N–H and O–H groups in total. The molecular formula is C19H22N4O4. The van der Waals surface area contributed by atoms with Crippen LogP contribution in [0.5, 0.6) is 0 Å². The van der Waals surface area contributed by atoms with Crippen LogP contribution in [0.25, 0.3) is 0 Å². The highest BCUT2D eigenvalue weighted by Gasteiger charge is 2.17. The zero-order valence-corrected chi connectivity index (χ0v) is 15.4. The second-order valence-electron chi connectivity index (χ2n) is 6.05. The number of para-hydroxylation sites is 1. The Kier molecular flexibility index (Phi) is 6.12. The van der Waals surface area contributed by atoms with Gasteiger partial charge in [0.1, 0.15) is 6.54 Å². The molecule has 2 aromatic rings. The molecule has 1 aromatic carbocycles. The molecule has 1 amide bonds. The standard InChI is InChI=1S/C19H22N4O4/c1-5-10-21-17(25)22(11-6-2)19(27)23(18(21)26)12-15(24)20-16-13(3)8-7-9-14(16)4/h5-9H,1-2,10-12H2,3-4H3,(H,20,24). The van der Waals surface area contributed by atoms with Crippen molar-refractivity contribution in [3.63, 3.8) is 0 Å². The second-order valence-corrected chi connectivity index (χ2v) is 6.05. The molecule has 1 heterocycles. The first-order valence-corrected chi connectivity index (χ1v) is 8.34. The van der Waals surface area contributed by atoms with Crippen LogP contribution in [0, 0.1) is 13.8 Å². The van der Waals surface area contributed by atoms with E-state index < -0.39 is 29.5 Å². The number of aryl methyl sites for hydroxylation is 2. The molecule has 0 fully saturated rings. The molecule has 142 valence electrons. The topological polar surface area (TPSA) is 95.1 Å². The number of rotatable bonds is 7. The van der Waals surface area contributed by atoms with Gasteiger partial charge in [0.05, 0.1) is 13.1 Å². The zero-order chi connectivity index (χ0) is 20.1. The summed E-state index contributed by atoms with van der Waals surface area (Å²) in [4.78, 5) is 49.9. The summed E-state index contributed by atoms with van der Waals surface area (Å²) in [6.45, 7) is 10.0. The minimum atomic E-state index is -0.859. The van der Waals surface area contributed by atoms with E-state index in [0.29, 0.717) is 5.69 Å². The molecule has 0 saturated heterocycles. The van der Waals surface area contributed by atoms with Gasteiger partial charge in [-0.3, -0.25) is 4.79 Å². The lowest BCUT2D eigenvalue weighted by molar-refractivity contribution is -0.116. The lowest BCUT2D eigenvalue weighted by atomic mass is 10.1. The largest absolute Gasteiger partial charge is 0.337 e. The smallest absolute Gasteiger partial charge is 0.324 e. The minimum Gasteiger partial charge on any atom is -0.324 e. The summed E-state index contributed by atoms with van der Waals surface area (Å²) in [6.07, 6.45) is 2.74. The molecule has 27 heavy (non-hydrogen) atoms. The number of allylic oxidation sites excluding steroid dienone is 2. The summed E-state index contributed by atoms with van der Waals surface area (Å²) >= 11 is 0. The first-order valence-electron chi connectivity index (χ1n) is 8.34. The van der Waals surface area contributed by atoms with Gasteiger partial charge in [0.2, 0.25) is 5.91 Å². The lowest BCUT2D eigenvalue weighted by Gasteiger charge is -2.14. The number of carbonyl (C=O) groups is 1. The summed E-state index contributed by atoms with van der Waals surface area (Å²) in [5.74, 6) is -0.541. The van der Waals surface area contributed by atoms with Crippen molar-refractivity contribution < 1.29 is 4.79 Å². The van der Waals surface area contributed by atoms with Crippen LogP contribution in [0.15, 0.2) is 57.9 Å². The van der Waals surface area contributed by atoms with Crippen molar-refractivity contribution >= 4 is 11.6 Å². The summed E-state index contributed by atoms with van der Waals surface area (Å²) in [6, 6.07) is 5.55. The molecule has 0 bridgehead atoms. The van der Waals surface area contributed by atoms with Gasteiger partial charge in [-0.1, -0.05) is 30.4 Å². The Balaban J connectivity index is 2.49. The van der Waals surface area contributed by atoms with Crippen LogP contribution in [-0.2, 0) is 24.4 Å². The van der Waals surface area contributed by atoms with Gasteiger partial charge in [0, 0.05) is 5.69 Å². The van der Waals surface area contributed by atoms with E-state index in [2.05, 4.69) is 18.5 Å². The van der Waals surface area contributed by atoms with E-state index in [1.807, 2.05) is 32.0 Å². The zero-order valence-electron chi connectivity index (χ0n) is 15.4. The monoisotopic (exact) mass is 370 g/mol. The molecule has 8 heteroatoms. The Labute approximate surface area is 155 Å². The van der Waals surface area contributed by atoms with Crippen molar-refractivity contribution in [2.45, 2.75) is 33.5 Å². The number of anilines is 1. The van der Waals surface area contributed by atoms with Crippen molar-refractivity contribution in [2.24, 2.45) is 0 Å². The number of amides is 1. The Hall–Kier alpha value is -3.42. The van der Waals surface area contributed by atoms with Gasteiger partial charge < -0.3 is 5.32 Å². The number of hydrogen-bond acceptors (Lipinski definition) is 4. The maximum atomic E-state index is 12.5. The predicted molar refractivity (Wildman–Crippen MR) is 104 cm³/mol. The third-order valence-electron chi connectivity index (χ3n) is 4.06. The molecule has 0 unspecified atom stereocenters. The summed E-state index contributed by atoms with van der Waals surface area (Å²) < 4.78 is 2.44. The van der Waals surface area contributed by atoms with E-state index in [4.69, 9.17) is 0 Å². The highest BCUT2D eigenvalue weighted by molar-refractivity contribution is 5.92. The number of carbonyl (C=O) groups excluding carboxylic acids is 1. The van der Waals surface area contributed by atoms with E-state index >= 15 is 0 Å². The number of nitrogens with one attached hydrogen (secondary N) is 1. The van der Waals surface area contributed by atoms with Gasteiger partial charge in [-0.15, -0.1) is 13.2 Å². The SMILES string of the molecule is C=CCn1c(=O)n(CC=C)c(=O)n(CC(=O)Nc2c(C)cccc2C)c1=O. The fourth-order valence-electron chi connectivity index (χ4n) is 2.72. The van der Waals surface area contributed by atoms with Gasteiger partial charge in [0.15, 0.2) is 0 Å². The third-order valence-corrected chi connectivity index (χ3v) is 4.06. The Bertz CT molecular complexity index is 1000. The first-order chi connectivity index (χ1) is 12.8. The van der Waals surface area contributed by atoms with E-state index in [0.717, 1.165) is 24.8 Å². The maximum absolute atomic E-state index is 12.5.